The first kappa shape index (κ1) is 11.7. The van der Waals surface area contributed by atoms with E-state index < -0.39 is 0 Å². The Hall–Kier alpha value is -1.35. The summed E-state index contributed by atoms with van der Waals surface area (Å²) in [5, 5.41) is 0. The van der Waals surface area contributed by atoms with Crippen LogP contribution in [0.2, 0.25) is 0 Å². The Labute approximate surface area is 90.7 Å². The van der Waals surface area contributed by atoms with Gasteiger partial charge in [0.1, 0.15) is 12.0 Å². The van der Waals surface area contributed by atoms with Gasteiger partial charge in [-0.05, 0) is 44.8 Å². The van der Waals surface area contributed by atoms with E-state index in [1.807, 2.05) is 31.1 Å². The highest BCUT2D eigenvalue weighted by molar-refractivity contribution is 5.74. The van der Waals surface area contributed by atoms with Crippen LogP contribution in [0.5, 0.6) is 5.75 Å². The van der Waals surface area contributed by atoms with Gasteiger partial charge in [-0.3, -0.25) is 9.69 Å². The maximum Gasteiger partial charge on any atom is 0.151 e. The molecule has 1 unspecified atom stereocenters. The first-order chi connectivity index (χ1) is 7.17. The van der Waals surface area contributed by atoms with E-state index in [-0.39, 0.29) is 6.23 Å². The molecule has 0 aliphatic rings. The lowest BCUT2D eigenvalue weighted by Gasteiger charge is -2.23. The summed E-state index contributed by atoms with van der Waals surface area (Å²) in [5.74, 6) is 0.793. The predicted octanol–water partition coefficient (Wildman–Crippen LogP) is 2.18. The Kier molecular flexibility index (Phi) is 4.31. The molecule has 0 amide bonds. The molecule has 0 radical (unpaired) electrons. The Balaban J connectivity index is 2.67. The number of hydrogen-bond donors (Lipinski definition) is 0. The maximum absolute atomic E-state index is 10.5. The van der Waals surface area contributed by atoms with E-state index in [0.717, 1.165) is 18.5 Å². The minimum atomic E-state index is 0.0760. The van der Waals surface area contributed by atoms with Crippen molar-refractivity contribution in [1.82, 2.24) is 4.90 Å². The largest absolute Gasteiger partial charge is 0.475 e. The molecule has 3 nitrogen and oxygen atoms in total. The zero-order valence-corrected chi connectivity index (χ0v) is 9.43. The highest BCUT2D eigenvalue weighted by Crippen LogP contribution is 2.14. The molecule has 1 aromatic carbocycles. The molecule has 0 aliphatic carbocycles. The summed E-state index contributed by atoms with van der Waals surface area (Å²) in [7, 11) is 3.96. The van der Waals surface area contributed by atoms with Gasteiger partial charge in [0.25, 0.3) is 0 Å². The summed E-state index contributed by atoms with van der Waals surface area (Å²) in [5.41, 5.74) is 0.667. The molecular formula is C12H17NO2. The molecule has 0 saturated heterocycles. The zero-order chi connectivity index (χ0) is 11.3. The van der Waals surface area contributed by atoms with E-state index in [4.69, 9.17) is 4.74 Å². The Morgan fingerprint density at radius 3 is 2.33 bits per heavy atom. The van der Waals surface area contributed by atoms with Crippen LogP contribution in [0.1, 0.15) is 23.7 Å². The molecule has 0 fully saturated rings. The van der Waals surface area contributed by atoms with Crippen LogP contribution in [0.15, 0.2) is 24.3 Å². The molecule has 1 rings (SSSR count). The van der Waals surface area contributed by atoms with Gasteiger partial charge in [-0.1, -0.05) is 6.92 Å². The monoisotopic (exact) mass is 207 g/mol. The average molecular weight is 207 g/mol. The second kappa shape index (κ2) is 5.51. The second-order valence-electron chi connectivity index (χ2n) is 3.63. The molecule has 0 saturated carbocycles. The van der Waals surface area contributed by atoms with Crippen molar-refractivity contribution in [2.45, 2.75) is 19.6 Å². The summed E-state index contributed by atoms with van der Waals surface area (Å²) in [6.45, 7) is 2.07. The van der Waals surface area contributed by atoms with Crippen LogP contribution in [0, 0.1) is 0 Å². The summed E-state index contributed by atoms with van der Waals surface area (Å²) < 4.78 is 5.73. The molecule has 0 aromatic heterocycles. The van der Waals surface area contributed by atoms with Gasteiger partial charge in [0.05, 0.1) is 0 Å². The van der Waals surface area contributed by atoms with Crippen LogP contribution in [0.4, 0.5) is 0 Å². The van der Waals surface area contributed by atoms with Gasteiger partial charge in [0.15, 0.2) is 6.23 Å². The number of carbonyl (C=O) groups is 1. The molecule has 3 heteroatoms. The molecule has 0 heterocycles. The molecular weight excluding hydrogens is 190 g/mol. The highest BCUT2D eigenvalue weighted by Gasteiger charge is 2.09. The molecule has 0 bridgehead atoms. The highest BCUT2D eigenvalue weighted by atomic mass is 16.5. The normalized spacial score (nSPS) is 12.5. The number of ether oxygens (including phenoxy) is 1. The fourth-order valence-corrected chi connectivity index (χ4v) is 1.34. The number of nitrogens with zero attached hydrogens (tertiary/aromatic N) is 1. The van der Waals surface area contributed by atoms with Crippen LogP contribution in [-0.4, -0.2) is 31.5 Å². The summed E-state index contributed by atoms with van der Waals surface area (Å²) in [4.78, 5) is 12.5. The lowest BCUT2D eigenvalue weighted by atomic mass is 10.2. The Morgan fingerprint density at radius 2 is 1.93 bits per heavy atom. The first-order valence-electron chi connectivity index (χ1n) is 5.05. The number of rotatable bonds is 5. The van der Waals surface area contributed by atoms with Crippen molar-refractivity contribution >= 4 is 6.29 Å². The fourth-order valence-electron chi connectivity index (χ4n) is 1.34. The van der Waals surface area contributed by atoms with E-state index >= 15 is 0 Å². The summed E-state index contributed by atoms with van der Waals surface area (Å²) >= 11 is 0. The van der Waals surface area contributed by atoms with Gasteiger partial charge < -0.3 is 4.74 Å². The van der Waals surface area contributed by atoms with Crippen molar-refractivity contribution in [3.63, 3.8) is 0 Å². The molecule has 0 spiro atoms. The van der Waals surface area contributed by atoms with E-state index in [2.05, 4.69) is 6.92 Å². The van der Waals surface area contributed by atoms with Gasteiger partial charge in [-0.2, -0.15) is 0 Å². The van der Waals surface area contributed by atoms with Gasteiger partial charge in [-0.25, -0.2) is 0 Å². The lowest BCUT2D eigenvalue weighted by molar-refractivity contribution is 0.0612. The fraction of sp³-hybridized carbons (Fsp3) is 0.417. The van der Waals surface area contributed by atoms with Crippen molar-refractivity contribution in [2.24, 2.45) is 0 Å². The third-order valence-electron chi connectivity index (χ3n) is 2.21. The van der Waals surface area contributed by atoms with E-state index in [0.29, 0.717) is 5.56 Å². The zero-order valence-electron chi connectivity index (χ0n) is 9.43. The van der Waals surface area contributed by atoms with Crippen LogP contribution >= 0.6 is 0 Å². The number of hydrogen-bond acceptors (Lipinski definition) is 3. The Morgan fingerprint density at radius 1 is 1.33 bits per heavy atom. The van der Waals surface area contributed by atoms with Gasteiger partial charge in [-0.15, -0.1) is 0 Å². The van der Waals surface area contributed by atoms with Crippen molar-refractivity contribution in [2.75, 3.05) is 14.1 Å². The number of aldehydes is 1. The minimum absolute atomic E-state index is 0.0760. The summed E-state index contributed by atoms with van der Waals surface area (Å²) in [6, 6.07) is 7.14. The SMILES string of the molecule is CCC(Oc1ccc(C=O)cc1)N(C)C. The number of benzene rings is 1. The first-order valence-corrected chi connectivity index (χ1v) is 5.05. The summed E-state index contributed by atoms with van der Waals surface area (Å²) in [6.07, 6.45) is 1.82. The van der Waals surface area contributed by atoms with Gasteiger partial charge in [0, 0.05) is 5.56 Å². The average Bonchev–Trinajstić information content (AvgIpc) is 2.26. The molecule has 15 heavy (non-hydrogen) atoms. The van der Waals surface area contributed by atoms with Gasteiger partial charge in [0.2, 0.25) is 0 Å². The van der Waals surface area contributed by atoms with E-state index in [1.54, 1.807) is 12.1 Å². The third kappa shape index (κ3) is 3.36. The van der Waals surface area contributed by atoms with Gasteiger partial charge >= 0.3 is 0 Å². The second-order valence-corrected chi connectivity index (χ2v) is 3.63. The van der Waals surface area contributed by atoms with Crippen LogP contribution in [0.25, 0.3) is 0 Å². The topological polar surface area (TPSA) is 29.5 Å². The minimum Gasteiger partial charge on any atom is -0.475 e. The third-order valence-corrected chi connectivity index (χ3v) is 2.21. The smallest absolute Gasteiger partial charge is 0.151 e. The molecule has 1 aromatic rings. The standard InChI is InChI=1S/C12H17NO2/c1-4-12(13(2)3)15-11-7-5-10(9-14)6-8-11/h5-9,12H,4H2,1-3H3. The van der Waals surface area contributed by atoms with Crippen molar-refractivity contribution in [3.8, 4) is 5.75 Å². The molecule has 1 atom stereocenters. The van der Waals surface area contributed by atoms with Crippen molar-refractivity contribution in [3.05, 3.63) is 29.8 Å². The molecule has 0 N–H and O–H groups in total. The van der Waals surface area contributed by atoms with Crippen LogP contribution < -0.4 is 4.74 Å². The van der Waals surface area contributed by atoms with Crippen LogP contribution in [-0.2, 0) is 0 Å². The predicted molar refractivity (Wildman–Crippen MR) is 60.2 cm³/mol. The molecule has 82 valence electrons. The maximum atomic E-state index is 10.5. The lowest BCUT2D eigenvalue weighted by Crippen LogP contribution is -2.32. The van der Waals surface area contributed by atoms with Crippen LogP contribution in [0.3, 0.4) is 0 Å². The molecule has 0 aliphatic heterocycles. The van der Waals surface area contributed by atoms with Crippen molar-refractivity contribution in [1.29, 1.82) is 0 Å². The van der Waals surface area contributed by atoms with Crippen molar-refractivity contribution < 1.29 is 9.53 Å². The Bertz CT molecular complexity index is 306. The van der Waals surface area contributed by atoms with E-state index in [9.17, 15) is 4.79 Å². The van der Waals surface area contributed by atoms with E-state index in [1.165, 1.54) is 0 Å². The number of carbonyl (C=O) groups excluding carboxylic acids is 1. The quantitative estimate of drug-likeness (QED) is 0.547.